The van der Waals surface area contributed by atoms with Gasteiger partial charge in [0.2, 0.25) is 0 Å². The number of hydrogen-bond acceptors (Lipinski definition) is 3. The zero-order valence-corrected chi connectivity index (χ0v) is 14.5. The summed E-state index contributed by atoms with van der Waals surface area (Å²) in [4.78, 5) is 23.7. The van der Waals surface area contributed by atoms with E-state index < -0.39 is 17.9 Å². The van der Waals surface area contributed by atoms with Gasteiger partial charge in [-0.2, -0.15) is 0 Å². The molecule has 128 valence electrons. The minimum Gasteiger partial charge on any atom is -0.393 e. The van der Waals surface area contributed by atoms with Crippen LogP contribution >= 0.6 is 0 Å². The number of carbonyl (C=O) groups is 2. The Morgan fingerprint density at radius 3 is 2.30 bits per heavy atom. The van der Waals surface area contributed by atoms with Crippen molar-refractivity contribution < 1.29 is 14.7 Å². The van der Waals surface area contributed by atoms with Crippen LogP contribution < -0.4 is 10.6 Å². The van der Waals surface area contributed by atoms with Crippen LogP contribution in [0.15, 0.2) is 18.2 Å². The van der Waals surface area contributed by atoms with E-state index in [0.717, 1.165) is 12.8 Å². The molecule has 0 fully saturated rings. The average Bonchev–Trinajstić information content (AvgIpc) is 2.54. The van der Waals surface area contributed by atoms with E-state index in [-0.39, 0.29) is 12.5 Å². The summed E-state index contributed by atoms with van der Waals surface area (Å²) in [6.07, 6.45) is 1.77. The summed E-state index contributed by atoms with van der Waals surface area (Å²) in [6, 6.07) is 5.70. The van der Waals surface area contributed by atoms with Gasteiger partial charge in [0.15, 0.2) is 0 Å². The highest BCUT2D eigenvalue weighted by Gasteiger charge is 2.15. The van der Waals surface area contributed by atoms with Gasteiger partial charge in [-0.25, -0.2) is 0 Å². The van der Waals surface area contributed by atoms with Gasteiger partial charge in [0, 0.05) is 12.2 Å². The standard InChI is InChI=1S/C18H28N2O3/c1-5-13-7-8-15(11-14(13)6-2)20-18(23)17(22)19-10-9-16(21)12(3)4/h7-8,11-12,16,21H,5-6,9-10H2,1-4H3,(H,19,22)(H,20,23). The molecule has 5 heteroatoms. The molecular formula is C18H28N2O3. The minimum atomic E-state index is -0.685. The van der Waals surface area contributed by atoms with Gasteiger partial charge in [-0.15, -0.1) is 0 Å². The van der Waals surface area contributed by atoms with E-state index in [9.17, 15) is 14.7 Å². The molecule has 0 aliphatic heterocycles. The van der Waals surface area contributed by atoms with E-state index in [1.807, 2.05) is 32.0 Å². The molecule has 1 aromatic carbocycles. The zero-order chi connectivity index (χ0) is 17.4. The summed E-state index contributed by atoms with van der Waals surface area (Å²) < 4.78 is 0. The smallest absolute Gasteiger partial charge is 0.313 e. The first-order valence-electron chi connectivity index (χ1n) is 8.28. The van der Waals surface area contributed by atoms with E-state index in [0.29, 0.717) is 12.1 Å². The Kier molecular flexibility index (Phi) is 7.75. The third-order valence-corrected chi connectivity index (χ3v) is 3.93. The van der Waals surface area contributed by atoms with Gasteiger partial charge in [0.25, 0.3) is 0 Å². The quantitative estimate of drug-likeness (QED) is 0.674. The molecule has 0 heterocycles. The number of amides is 2. The number of hydrogen-bond donors (Lipinski definition) is 3. The first-order chi connectivity index (χ1) is 10.9. The molecule has 0 aromatic heterocycles. The van der Waals surface area contributed by atoms with Crippen molar-refractivity contribution in [2.75, 3.05) is 11.9 Å². The maximum absolute atomic E-state index is 11.9. The molecule has 1 unspecified atom stereocenters. The Morgan fingerprint density at radius 1 is 1.09 bits per heavy atom. The van der Waals surface area contributed by atoms with E-state index in [2.05, 4.69) is 24.5 Å². The Hall–Kier alpha value is -1.88. The van der Waals surface area contributed by atoms with Crippen LogP contribution in [0.4, 0.5) is 5.69 Å². The Morgan fingerprint density at radius 2 is 1.74 bits per heavy atom. The van der Waals surface area contributed by atoms with Crippen LogP contribution in [0, 0.1) is 5.92 Å². The maximum atomic E-state index is 11.9. The van der Waals surface area contributed by atoms with Gasteiger partial charge in [-0.05, 0) is 48.4 Å². The molecule has 0 bridgehead atoms. The molecule has 2 amide bonds. The Labute approximate surface area is 138 Å². The highest BCUT2D eigenvalue weighted by Crippen LogP contribution is 2.17. The molecule has 0 saturated heterocycles. The average molecular weight is 320 g/mol. The normalized spacial score (nSPS) is 12.1. The van der Waals surface area contributed by atoms with Gasteiger partial charge >= 0.3 is 11.8 Å². The van der Waals surface area contributed by atoms with Gasteiger partial charge in [0.05, 0.1) is 6.10 Å². The third-order valence-electron chi connectivity index (χ3n) is 3.93. The highest BCUT2D eigenvalue weighted by molar-refractivity contribution is 6.39. The Balaban J connectivity index is 2.53. The first kappa shape index (κ1) is 19.2. The van der Waals surface area contributed by atoms with Gasteiger partial charge in [-0.1, -0.05) is 33.8 Å². The number of carbonyl (C=O) groups excluding carboxylic acids is 2. The zero-order valence-electron chi connectivity index (χ0n) is 14.5. The third kappa shape index (κ3) is 6.02. The molecule has 0 radical (unpaired) electrons. The van der Waals surface area contributed by atoms with Gasteiger partial charge in [0.1, 0.15) is 0 Å². The van der Waals surface area contributed by atoms with Crippen molar-refractivity contribution in [3.8, 4) is 0 Å². The number of aliphatic hydroxyl groups is 1. The van der Waals surface area contributed by atoms with Crippen LogP contribution in [-0.2, 0) is 22.4 Å². The number of benzene rings is 1. The topological polar surface area (TPSA) is 78.4 Å². The second-order valence-electron chi connectivity index (χ2n) is 6.00. The van der Waals surface area contributed by atoms with Crippen LogP contribution in [0.2, 0.25) is 0 Å². The van der Waals surface area contributed by atoms with Crippen molar-refractivity contribution in [3.63, 3.8) is 0 Å². The van der Waals surface area contributed by atoms with Crippen molar-refractivity contribution in [2.24, 2.45) is 5.92 Å². The Bertz CT molecular complexity index is 541. The fraction of sp³-hybridized carbons (Fsp3) is 0.556. The molecule has 0 aliphatic carbocycles. The van der Waals surface area contributed by atoms with Crippen molar-refractivity contribution >= 4 is 17.5 Å². The fourth-order valence-electron chi connectivity index (χ4n) is 2.31. The van der Waals surface area contributed by atoms with Crippen LogP contribution in [0.5, 0.6) is 0 Å². The summed E-state index contributed by atoms with van der Waals surface area (Å²) in [5.74, 6) is -1.24. The van der Waals surface area contributed by atoms with Crippen molar-refractivity contribution in [3.05, 3.63) is 29.3 Å². The molecule has 23 heavy (non-hydrogen) atoms. The molecule has 1 aromatic rings. The first-order valence-corrected chi connectivity index (χ1v) is 8.28. The SMILES string of the molecule is CCc1ccc(NC(=O)C(=O)NCCC(O)C(C)C)cc1CC. The monoisotopic (exact) mass is 320 g/mol. The number of aryl methyl sites for hydroxylation is 2. The number of nitrogens with one attached hydrogen (secondary N) is 2. The lowest BCUT2D eigenvalue weighted by molar-refractivity contribution is -0.136. The highest BCUT2D eigenvalue weighted by atomic mass is 16.3. The molecule has 5 nitrogen and oxygen atoms in total. The number of rotatable bonds is 7. The lowest BCUT2D eigenvalue weighted by Crippen LogP contribution is -2.37. The summed E-state index contributed by atoms with van der Waals surface area (Å²) in [5.41, 5.74) is 3.05. The predicted molar refractivity (Wildman–Crippen MR) is 92.3 cm³/mol. The largest absolute Gasteiger partial charge is 0.393 e. The van der Waals surface area contributed by atoms with E-state index in [1.54, 1.807) is 0 Å². The number of aliphatic hydroxyl groups excluding tert-OH is 1. The van der Waals surface area contributed by atoms with Crippen molar-refractivity contribution in [2.45, 2.75) is 53.1 Å². The van der Waals surface area contributed by atoms with Crippen LogP contribution in [-0.4, -0.2) is 29.6 Å². The molecule has 0 spiro atoms. The summed E-state index contributed by atoms with van der Waals surface area (Å²) in [6.45, 7) is 8.24. The molecule has 0 aliphatic rings. The number of anilines is 1. The fourth-order valence-corrected chi connectivity index (χ4v) is 2.31. The lowest BCUT2D eigenvalue weighted by Gasteiger charge is -2.14. The summed E-state index contributed by atoms with van der Waals surface area (Å²) >= 11 is 0. The summed E-state index contributed by atoms with van der Waals surface area (Å²) in [7, 11) is 0. The maximum Gasteiger partial charge on any atom is 0.313 e. The molecular weight excluding hydrogens is 292 g/mol. The van der Waals surface area contributed by atoms with Crippen LogP contribution in [0.3, 0.4) is 0 Å². The molecule has 3 N–H and O–H groups in total. The predicted octanol–water partition coefficient (Wildman–Crippen LogP) is 2.27. The van der Waals surface area contributed by atoms with E-state index >= 15 is 0 Å². The minimum absolute atomic E-state index is 0.130. The van der Waals surface area contributed by atoms with Gasteiger partial charge in [-0.3, -0.25) is 9.59 Å². The van der Waals surface area contributed by atoms with E-state index in [4.69, 9.17) is 0 Å². The second kappa shape index (κ2) is 9.30. The molecule has 1 atom stereocenters. The molecule has 1 rings (SSSR count). The van der Waals surface area contributed by atoms with E-state index in [1.165, 1.54) is 11.1 Å². The van der Waals surface area contributed by atoms with Crippen molar-refractivity contribution in [1.29, 1.82) is 0 Å². The van der Waals surface area contributed by atoms with Crippen LogP contribution in [0.1, 0.15) is 45.2 Å². The van der Waals surface area contributed by atoms with Crippen molar-refractivity contribution in [1.82, 2.24) is 5.32 Å². The lowest BCUT2D eigenvalue weighted by atomic mass is 10.0. The second-order valence-corrected chi connectivity index (χ2v) is 6.00. The van der Waals surface area contributed by atoms with Gasteiger partial charge < -0.3 is 15.7 Å². The summed E-state index contributed by atoms with van der Waals surface area (Å²) in [5, 5.41) is 14.8. The van der Waals surface area contributed by atoms with Crippen LogP contribution in [0.25, 0.3) is 0 Å². The molecule has 0 saturated carbocycles.